The van der Waals surface area contributed by atoms with Crippen LogP contribution in [0.3, 0.4) is 0 Å². The molecule has 0 N–H and O–H groups in total. The number of rotatable bonds is 3. The third-order valence-electron chi connectivity index (χ3n) is 2.07. The molecular weight excluding hydrogens is 300 g/mol. The Kier molecular flexibility index (Phi) is 5.14. The van der Waals surface area contributed by atoms with Gasteiger partial charge in [0, 0.05) is 0 Å². The molecule has 0 bridgehead atoms. The molecule has 0 aliphatic heterocycles. The number of alkyl halides is 2. The van der Waals surface area contributed by atoms with Crippen molar-refractivity contribution >= 4 is 57.5 Å². The smallest absolute Gasteiger partial charge is 0.271 e. The first-order chi connectivity index (χ1) is 8.34. The van der Waals surface area contributed by atoms with E-state index in [0.29, 0.717) is 4.90 Å². The van der Waals surface area contributed by atoms with Gasteiger partial charge < -0.3 is 0 Å². The van der Waals surface area contributed by atoms with E-state index in [1.807, 2.05) is 6.92 Å². The molecule has 18 heavy (non-hydrogen) atoms. The minimum absolute atomic E-state index is 0.177. The van der Waals surface area contributed by atoms with Crippen LogP contribution >= 0.6 is 34.8 Å². The zero-order chi connectivity index (χ0) is 13.9. The monoisotopic (exact) mass is 307 g/mol. The van der Waals surface area contributed by atoms with Crippen LogP contribution in [0.2, 0.25) is 0 Å². The first-order valence-electron chi connectivity index (χ1n) is 4.77. The minimum atomic E-state index is -1.47. The minimum Gasteiger partial charge on any atom is -0.271 e. The summed E-state index contributed by atoms with van der Waals surface area (Å²) in [7, 11) is 0. The maximum atomic E-state index is 11.7. The van der Waals surface area contributed by atoms with Gasteiger partial charge in [-0.1, -0.05) is 40.9 Å². The van der Waals surface area contributed by atoms with Gasteiger partial charge in [0.25, 0.3) is 5.91 Å². The van der Waals surface area contributed by atoms with Gasteiger partial charge in [0.1, 0.15) is 0 Å². The lowest BCUT2D eigenvalue weighted by molar-refractivity contribution is -0.134. The summed E-state index contributed by atoms with van der Waals surface area (Å²) in [5.74, 6) is -2.13. The predicted molar refractivity (Wildman–Crippen MR) is 70.0 cm³/mol. The summed E-state index contributed by atoms with van der Waals surface area (Å²) in [5, 5.41) is -1.29. The van der Waals surface area contributed by atoms with Crippen molar-refractivity contribution < 1.29 is 14.4 Å². The van der Waals surface area contributed by atoms with Crippen LogP contribution in [0.25, 0.3) is 0 Å². The lowest BCUT2D eigenvalue weighted by Crippen LogP contribution is -2.42. The summed E-state index contributed by atoms with van der Waals surface area (Å²) in [6.45, 7) is 1.83. The number of hydrogen-bond acceptors (Lipinski definition) is 3. The van der Waals surface area contributed by atoms with E-state index in [1.54, 1.807) is 12.1 Å². The number of carbonyl (C=O) groups excluding carboxylic acids is 3. The van der Waals surface area contributed by atoms with Gasteiger partial charge in [0.05, 0.1) is 5.69 Å². The molecule has 0 saturated carbocycles. The van der Waals surface area contributed by atoms with Crippen molar-refractivity contribution in [2.24, 2.45) is 0 Å². The van der Waals surface area contributed by atoms with Crippen LogP contribution < -0.4 is 4.90 Å². The van der Waals surface area contributed by atoms with E-state index in [9.17, 15) is 14.4 Å². The molecule has 1 rings (SSSR count). The van der Waals surface area contributed by atoms with Crippen LogP contribution in [0.5, 0.6) is 0 Å². The van der Waals surface area contributed by atoms with Crippen molar-refractivity contribution in [2.75, 3.05) is 4.90 Å². The molecule has 96 valence electrons. The molecule has 0 saturated heterocycles. The summed E-state index contributed by atoms with van der Waals surface area (Å²) < 4.78 is 0. The van der Waals surface area contributed by atoms with E-state index < -0.39 is 21.9 Å². The van der Waals surface area contributed by atoms with E-state index in [4.69, 9.17) is 34.8 Å². The lowest BCUT2D eigenvalue weighted by Gasteiger charge is -2.19. The molecule has 0 aromatic heterocycles. The summed E-state index contributed by atoms with van der Waals surface area (Å²) in [6, 6.07) is 6.31. The van der Waals surface area contributed by atoms with Gasteiger partial charge >= 0.3 is 11.1 Å². The summed E-state index contributed by atoms with van der Waals surface area (Å²) in [6.07, 6.45) is 0. The first-order valence-corrected chi connectivity index (χ1v) is 6.02. The molecule has 0 unspecified atom stereocenters. The van der Waals surface area contributed by atoms with Gasteiger partial charge in [-0.25, -0.2) is 4.90 Å². The van der Waals surface area contributed by atoms with Crippen molar-refractivity contribution in [3.63, 3.8) is 0 Å². The molecule has 0 heterocycles. The van der Waals surface area contributed by atoms with Crippen molar-refractivity contribution in [1.29, 1.82) is 0 Å². The average molecular weight is 309 g/mol. The SMILES string of the molecule is Cc1ccc(N(C(=O)C(=O)Cl)C(=O)C(Cl)Cl)cc1. The highest BCUT2D eigenvalue weighted by Crippen LogP contribution is 2.19. The number of halogens is 3. The number of aryl methyl sites for hydroxylation is 1. The second-order valence-electron chi connectivity index (χ2n) is 3.39. The van der Waals surface area contributed by atoms with E-state index >= 15 is 0 Å². The van der Waals surface area contributed by atoms with Crippen LogP contribution in [0.1, 0.15) is 5.56 Å². The highest BCUT2D eigenvalue weighted by atomic mass is 35.5. The number of hydrogen-bond donors (Lipinski definition) is 0. The van der Waals surface area contributed by atoms with Gasteiger partial charge in [-0.15, -0.1) is 0 Å². The second kappa shape index (κ2) is 6.18. The number of anilines is 1. The van der Waals surface area contributed by atoms with Gasteiger partial charge in [-0.2, -0.15) is 0 Å². The third-order valence-corrected chi connectivity index (χ3v) is 2.61. The highest BCUT2D eigenvalue weighted by molar-refractivity contribution is 6.83. The summed E-state index contributed by atoms with van der Waals surface area (Å²) >= 11 is 15.9. The number of amides is 2. The molecular formula is C11H8Cl3NO3. The molecule has 1 aromatic rings. The molecule has 2 amide bonds. The lowest BCUT2D eigenvalue weighted by atomic mass is 10.2. The maximum absolute atomic E-state index is 11.7. The van der Waals surface area contributed by atoms with Crippen LogP contribution in [0.15, 0.2) is 24.3 Å². The van der Waals surface area contributed by atoms with Crippen molar-refractivity contribution in [2.45, 2.75) is 11.8 Å². The molecule has 4 nitrogen and oxygen atoms in total. The Morgan fingerprint density at radius 1 is 1.11 bits per heavy atom. The molecule has 7 heteroatoms. The van der Waals surface area contributed by atoms with Gasteiger partial charge in [-0.3, -0.25) is 14.4 Å². The van der Waals surface area contributed by atoms with E-state index in [-0.39, 0.29) is 5.69 Å². The summed E-state index contributed by atoms with van der Waals surface area (Å²) in [5.41, 5.74) is 1.10. The fraction of sp³-hybridized carbons (Fsp3) is 0.182. The number of benzene rings is 1. The van der Waals surface area contributed by atoms with E-state index in [2.05, 4.69) is 0 Å². The molecule has 0 aliphatic rings. The number of carbonyl (C=O) groups is 3. The molecule has 0 atom stereocenters. The van der Waals surface area contributed by atoms with Crippen molar-refractivity contribution in [3.05, 3.63) is 29.8 Å². The average Bonchev–Trinajstić information content (AvgIpc) is 2.31. The second-order valence-corrected chi connectivity index (χ2v) is 4.83. The molecule has 0 spiro atoms. The van der Waals surface area contributed by atoms with E-state index in [1.165, 1.54) is 12.1 Å². The molecule has 0 aliphatic carbocycles. The quantitative estimate of drug-likeness (QED) is 0.489. The predicted octanol–water partition coefficient (Wildman–Crippen LogP) is 2.42. The zero-order valence-corrected chi connectivity index (χ0v) is 11.5. The summed E-state index contributed by atoms with van der Waals surface area (Å²) in [4.78, 5) is 33.3. The fourth-order valence-corrected chi connectivity index (χ4v) is 1.50. The normalized spacial score (nSPS) is 10.3. The number of imide groups is 1. The fourth-order valence-electron chi connectivity index (χ4n) is 1.22. The van der Waals surface area contributed by atoms with Crippen molar-refractivity contribution in [1.82, 2.24) is 0 Å². The Bertz CT molecular complexity index is 485. The van der Waals surface area contributed by atoms with E-state index in [0.717, 1.165) is 5.56 Å². The van der Waals surface area contributed by atoms with Crippen molar-refractivity contribution in [3.8, 4) is 0 Å². The Hall–Kier alpha value is -1.10. The van der Waals surface area contributed by atoms with Crippen LogP contribution in [0, 0.1) is 6.92 Å². The van der Waals surface area contributed by atoms with Gasteiger partial charge in [-0.05, 0) is 30.7 Å². The largest absolute Gasteiger partial charge is 0.317 e. The zero-order valence-electron chi connectivity index (χ0n) is 9.19. The molecule has 1 aromatic carbocycles. The van der Waals surface area contributed by atoms with Gasteiger partial charge in [0.15, 0.2) is 4.84 Å². The Labute approximate surface area is 118 Å². The topological polar surface area (TPSA) is 54.5 Å². The van der Waals surface area contributed by atoms with Crippen LogP contribution in [-0.4, -0.2) is 21.9 Å². The van der Waals surface area contributed by atoms with Gasteiger partial charge in [0.2, 0.25) is 0 Å². The molecule has 0 radical (unpaired) electrons. The Balaban J connectivity index is 3.20. The molecule has 0 fully saturated rings. The Morgan fingerprint density at radius 2 is 1.61 bits per heavy atom. The van der Waals surface area contributed by atoms with Crippen LogP contribution in [-0.2, 0) is 14.4 Å². The Morgan fingerprint density at radius 3 is 2.00 bits per heavy atom. The third kappa shape index (κ3) is 3.45. The number of nitrogens with zero attached hydrogens (tertiary/aromatic N) is 1. The first kappa shape index (κ1) is 15.0. The maximum Gasteiger partial charge on any atom is 0.317 e. The standard InChI is InChI=1S/C11H8Cl3NO3/c1-6-2-4-7(5-3-6)15(10(17)8(12)13)11(18)9(14)16/h2-5,8H,1H3. The van der Waals surface area contributed by atoms with Crippen LogP contribution in [0.4, 0.5) is 5.69 Å². The highest BCUT2D eigenvalue weighted by Gasteiger charge is 2.31.